The molecule has 0 saturated carbocycles. The molecule has 2 aromatic rings. The minimum atomic E-state index is -3.77. The van der Waals surface area contributed by atoms with Crippen LogP contribution in [0.2, 0.25) is 10.0 Å². The number of nitrogens with one attached hydrogen (secondary N) is 1. The number of carbonyl (C=O) groups excluding carboxylic acids is 2. The Morgan fingerprint density at radius 1 is 1.12 bits per heavy atom. The number of hydrogen-bond donors (Lipinski definition) is 1. The average Bonchev–Trinajstić information content (AvgIpc) is 2.72. The van der Waals surface area contributed by atoms with E-state index >= 15 is 0 Å². The highest BCUT2D eigenvalue weighted by molar-refractivity contribution is 7.92. The largest absolute Gasteiger partial charge is 0.357 e. The molecule has 32 heavy (non-hydrogen) atoms. The van der Waals surface area contributed by atoms with Gasteiger partial charge < -0.3 is 10.2 Å². The van der Waals surface area contributed by atoms with Crippen molar-refractivity contribution in [2.45, 2.75) is 32.9 Å². The second-order valence-electron chi connectivity index (χ2n) is 7.40. The van der Waals surface area contributed by atoms with Gasteiger partial charge in [0.1, 0.15) is 12.6 Å². The van der Waals surface area contributed by atoms with Gasteiger partial charge in [0.05, 0.1) is 11.9 Å². The van der Waals surface area contributed by atoms with E-state index in [0.717, 1.165) is 16.1 Å². The number of carbonyl (C=O) groups is 2. The van der Waals surface area contributed by atoms with Gasteiger partial charge in [-0.05, 0) is 48.7 Å². The number of aryl methyl sites for hydroxylation is 1. The summed E-state index contributed by atoms with van der Waals surface area (Å²) in [5.41, 5.74) is 1.82. The Bertz CT molecular complexity index is 1090. The lowest BCUT2D eigenvalue weighted by molar-refractivity contribution is -0.140. The third-order valence-corrected chi connectivity index (χ3v) is 6.68. The van der Waals surface area contributed by atoms with E-state index in [-0.39, 0.29) is 12.5 Å². The lowest BCUT2D eigenvalue weighted by Gasteiger charge is -2.32. The number of anilines is 1. The van der Waals surface area contributed by atoms with Gasteiger partial charge in [0.15, 0.2) is 0 Å². The molecule has 0 aliphatic rings. The van der Waals surface area contributed by atoms with Crippen molar-refractivity contribution in [3.63, 3.8) is 0 Å². The van der Waals surface area contributed by atoms with Gasteiger partial charge in [-0.25, -0.2) is 8.42 Å². The molecule has 0 fully saturated rings. The molecule has 1 N–H and O–H groups in total. The van der Waals surface area contributed by atoms with Crippen LogP contribution in [0.15, 0.2) is 42.5 Å². The van der Waals surface area contributed by atoms with Gasteiger partial charge in [0.25, 0.3) is 0 Å². The smallest absolute Gasteiger partial charge is 0.244 e. The Morgan fingerprint density at radius 3 is 2.34 bits per heavy atom. The van der Waals surface area contributed by atoms with E-state index < -0.39 is 28.5 Å². The van der Waals surface area contributed by atoms with Crippen molar-refractivity contribution in [2.75, 3.05) is 24.2 Å². The van der Waals surface area contributed by atoms with E-state index in [2.05, 4.69) is 5.32 Å². The zero-order chi connectivity index (χ0) is 24.1. The molecule has 0 aliphatic heterocycles. The van der Waals surface area contributed by atoms with Crippen molar-refractivity contribution < 1.29 is 18.0 Å². The molecule has 0 heterocycles. The topological polar surface area (TPSA) is 86.8 Å². The van der Waals surface area contributed by atoms with Crippen molar-refractivity contribution >= 4 is 50.7 Å². The maximum atomic E-state index is 13.4. The molecule has 7 nitrogen and oxygen atoms in total. The Hall–Kier alpha value is -2.29. The molecular weight excluding hydrogens is 473 g/mol. The highest BCUT2D eigenvalue weighted by Gasteiger charge is 2.31. The number of halogens is 2. The SMILES string of the molecule is CCC(C(=O)NC)N(Cc1ccc(Cl)cc1Cl)C(=O)CN(c1cccc(C)c1)S(C)(=O)=O. The standard InChI is InChI=1S/C22H27Cl2N3O4S/c1-5-20(22(29)25-3)26(13-16-9-10-17(23)12-19(16)24)21(28)14-27(32(4,30)31)18-8-6-7-15(2)11-18/h6-12,20H,5,13-14H2,1-4H3,(H,25,29). The van der Waals surface area contributed by atoms with Crippen LogP contribution in [-0.2, 0) is 26.2 Å². The fourth-order valence-corrected chi connectivity index (χ4v) is 4.63. The first-order valence-corrected chi connectivity index (χ1v) is 12.6. The number of hydrogen-bond acceptors (Lipinski definition) is 4. The van der Waals surface area contributed by atoms with Gasteiger partial charge in [0.2, 0.25) is 21.8 Å². The molecule has 10 heteroatoms. The van der Waals surface area contributed by atoms with Crippen LogP contribution < -0.4 is 9.62 Å². The second-order valence-corrected chi connectivity index (χ2v) is 10.2. The summed E-state index contributed by atoms with van der Waals surface area (Å²) < 4.78 is 26.1. The molecule has 2 rings (SSSR count). The molecular formula is C22H27Cl2N3O4S. The predicted molar refractivity (Wildman–Crippen MR) is 129 cm³/mol. The van der Waals surface area contributed by atoms with Crippen molar-refractivity contribution in [1.29, 1.82) is 0 Å². The first kappa shape index (κ1) is 26.0. The van der Waals surface area contributed by atoms with Crippen LogP contribution in [0.1, 0.15) is 24.5 Å². The predicted octanol–water partition coefficient (Wildman–Crippen LogP) is 3.62. The summed E-state index contributed by atoms with van der Waals surface area (Å²) in [4.78, 5) is 27.3. The summed E-state index contributed by atoms with van der Waals surface area (Å²) >= 11 is 12.3. The summed E-state index contributed by atoms with van der Waals surface area (Å²) in [5, 5.41) is 3.35. The number of benzene rings is 2. The summed E-state index contributed by atoms with van der Waals surface area (Å²) in [6.45, 7) is 3.17. The summed E-state index contributed by atoms with van der Waals surface area (Å²) in [6, 6.07) is 10.9. The van der Waals surface area contributed by atoms with E-state index in [1.54, 1.807) is 43.3 Å². The Balaban J connectivity index is 2.46. The molecule has 0 aliphatic carbocycles. The monoisotopic (exact) mass is 499 g/mol. The first-order chi connectivity index (χ1) is 15.0. The maximum absolute atomic E-state index is 13.4. The van der Waals surface area contributed by atoms with Gasteiger partial charge in [0, 0.05) is 23.6 Å². The third kappa shape index (κ3) is 6.60. The number of sulfonamides is 1. The van der Waals surface area contributed by atoms with Crippen LogP contribution in [0.3, 0.4) is 0 Å². The van der Waals surface area contributed by atoms with Crippen molar-refractivity contribution in [3.05, 3.63) is 63.6 Å². The molecule has 1 atom stereocenters. The summed E-state index contributed by atoms with van der Waals surface area (Å²) in [5.74, 6) is -0.884. The lowest BCUT2D eigenvalue weighted by Crippen LogP contribution is -2.51. The van der Waals surface area contributed by atoms with Crippen LogP contribution in [0, 0.1) is 6.92 Å². The molecule has 2 aromatic carbocycles. The van der Waals surface area contributed by atoms with E-state index in [1.165, 1.54) is 11.9 Å². The molecule has 2 amide bonds. The van der Waals surface area contributed by atoms with E-state index in [9.17, 15) is 18.0 Å². The quantitative estimate of drug-likeness (QED) is 0.570. The molecule has 0 spiro atoms. The highest BCUT2D eigenvalue weighted by Crippen LogP contribution is 2.25. The fourth-order valence-electron chi connectivity index (χ4n) is 3.32. The number of rotatable bonds is 9. The molecule has 0 saturated heterocycles. The minimum Gasteiger partial charge on any atom is -0.357 e. The summed E-state index contributed by atoms with van der Waals surface area (Å²) in [6.07, 6.45) is 1.37. The lowest BCUT2D eigenvalue weighted by atomic mass is 10.1. The van der Waals surface area contributed by atoms with Crippen LogP contribution in [0.4, 0.5) is 5.69 Å². The minimum absolute atomic E-state index is 0.0200. The van der Waals surface area contributed by atoms with Crippen molar-refractivity contribution in [1.82, 2.24) is 10.2 Å². The van der Waals surface area contributed by atoms with Gasteiger partial charge in [-0.3, -0.25) is 13.9 Å². The first-order valence-electron chi connectivity index (χ1n) is 9.97. The van der Waals surface area contributed by atoms with Gasteiger partial charge >= 0.3 is 0 Å². The van der Waals surface area contributed by atoms with E-state index in [0.29, 0.717) is 27.7 Å². The zero-order valence-electron chi connectivity index (χ0n) is 18.4. The van der Waals surface area contributed by atoms with E-state index in [1.807, 2.05) is 13.0 Å². The van der Waals surface area contributed by atoms with Gasteiger partial charge in [-0.1, -0.05) is 48.3 Å². The number of amides is 2. The van der Waals surface area contributed by atoms with Crippen molar-refractivity contribution in [3.8, 4) is 0 Å². The Labute approximate surface area is 199 Å². The second kappa shape index (κ2) is 11.0. The highest BCUT2D eigenvalue weighted by atomic mass is 35.5. The Morgan fingerprint density at radius 2 is 1.81 bits per heavy atom. The van der Waals surface area contributed by atoms with Crippen LogP contribution in [0.5, 0.6) is 0 Å². The summed E-state index contributed by atoms with van der Waals surface area (Å²) in [7, 11) is -2.28. The molecule has 0 aromatic heterocycles. The van der Waals surface area contributed by atoms with E-state index in [4.69, 9.17) is 23.2 Å². The van der Waals surface area contributed by atoms with Gasteiger partial charge in [-0.15, -0.1) is 0 Å². The number of nitrogens with zero attached hydrogens (tertiary/aromatic N) is 2. The normalized spacial score (nSPS) is 12.2. The van der Waals surface area contributed by atoms with Gasteiger partial charge in [-0.2, -0.15) is 0 Å². The van der Waals surface area contributed by atoms with Crippen molar-refractivity contribution in [2.24, 2.45) is 0 Å². The van der Waals surface area contributed by atoms with Crippen LogP contribution in [0.25, 0.3) is 0 Å². The average molecular weight is 500 g/mol. The fraction of sp³-hybridized carbons (Fsp3) is 0.364. The molecule has 174 valence electrons. The maximum Gasteiger partial charge on any atom is 0.244 e. The zero-order valence-corrected chi connectivity index (χ0v) is 20.8. The third-order valence-electron chi connectivity index (χ3n) is 4.96. The molecule has 0 bridgehead atoms. The Kier molecular flexibility index (Phi) is 8.95. The molecule has 1 unspecified atom stereocenters. The number of likely N-dealkylation sites (N-methyl/N-ethyl adjacent to an activating group) is 1. The molecule has 0 radical (unpaired) electrons. The van der Waals surface area contributed by atoms with Crippen LogP contribution >= 0.6 is 23.2 Å². The van der Waals surface area contributed by atoms with Crippen LogP contribution in [-0.4, -0.2) is 51.0 Å².